The van der Waals surface area contributed by atoms with Crippen molar-refractivity contribution in [2.45, 2.75) is 19.9 Å². The summed E-state index contributed by atoms with van der Waals surface area (Å²) >= 11 is 8.32. The molecule has 0 aliphatic heterocycles. The van der Waals surface area contributed by atoms with Crippen LogP contribution in [0.2, 0.25) is 0 Å². The summed E-state index contributed by atoms with van der Waals surface area (Å²) in [5.74, 6) is -0.111. The van der Waals surface area contributed by atoms with Gasteiger partial charge in [0.2, 0.25) is 0 Å². The predicted molar refractivity (Wildman–Crippen MR) is 84.6 cm³/mol. The Kier molecular flexibility index (Phi) is 4.76. The van der Waals surface area contributed by atoms with E-state index in [1.165, 1.54) is 0 Å². The van der Waals surface area contributed by atoms with Gasteiger partial charge in [0.05, 0.1) is 11.6 Å². The Morgan fingerprint density at radius 2 is 2.16 bits per heavy atom. The SMILES string of the molecule is Cc1csc(C(C)NC(=O)c2ccc(Br)cc2Br)n1. The van der Waals surface area contributed by atoms with Gasteiger partial charge in [-0.3, -0.25) is 4.79 Å². The second-order valence-corrected chi connectivity index (χ2v) is 6.81. The average molecular weight is 404 g/mol. The Morgan fingerprint density at radius 3 is 2.74 bits per heavy atom. The predicted octanol–water partition coefficient (Wildman–Crippen LogP) is 4.47. The number of amides is 1. The molecule has 2 aromatic rings. The van der Waals surface area contributed by atoms with Gasteiger partial charge in [0.25, 0.3) is 5.91 Å². The Bertz CT molecular complexity index is 612. The van der Waals surface area contributed by atoms with Gasteiger partial charge in [-0.1, -0.05) is 15.9 Å². The molecule has 1 N–H and O–H groups in total. The minimum atomic E-state index is -0.111. The molecule has 6 heteroatoms. The molecule has 100 valence electrons. The quantitative estimate of drug-likeness (QED) is 0.821. The van der Waals surface area contributed by atoms with E-state index in [9.17, 15) is 4.79 Å². The van der Waals surface area contributed by atoms with Crippen LogP contribution in [0.4, 0.5) is 0 Å². The maximum atomic E-state index is 12.2. The van der Waals surface area contributed by atoms with Gasteiger partial charge in [-0.2, -0.15) is 0 Å². The van der Waals surface area contributed by atoms with Gasteiger partial charge in [-0.25, -0.2) is 4.98 Å². The second-order valence-electron chi connectivity index (χ2n) is 4.15. The van der Waals surface area contributed by atoms with E-state index >= 15 is 0 Å². The number of hydrogen-bond donors (Lipinski definition) is 1. The van der Waals surface area contributed by atoms with E-state index in [-0.39, 0.29) is 11.9 Å². The number of aromatic nitrogens is 1. The number of carbonyl (C=O) groups is 1. The van der Waals surface area contributed by atoms with Crippen molar-refractivity contribution in [2.75, 3.05) is 0 Å². The average Bonchev–Trinajstić information content (AvgIpc) is 2.75. The lowest BCUT2D eigenvalue weighted by molar-refractivity contribution is 0.0939. The van der Waals surface area contributed by atoms with Crippen LogP contribution in [0.3, 0.4) is 0 Å². The molecule has 0 spiro atoms. The van der Waals surface area contributed by atoms with Gasteiger partial charge in [-0.15, -0.1) is 11.3 Å². The number of rotatable bonds is 3. The fraction of sp³-hybridized carbons (Fsp3) is 0.231. The molecule has 0 radical (unpaired) electrons. The van der Waals surface area contributed by atoms with E-state index in [0.29, 0.717) is 5.56 Å². The summed E-state index contributed by atoms with van der Waals surface area (Å²) in [6, 6.07) is 5.38. The lowest BCUT2D eigenvalue weighted by Gasteiger charge is -2.12. The molecule has 3 nitrogen and oxygen atoms in total. The standard InChI is InChI=1S/C13H12Br2N2OS/c1-7-6-19-13(16-7)8(2)17-12(18)10-4-3-9(14)5-11(10)15/h3-6,8H,1-2H3,(H,17,18). The molecule has 0 saturated carbocycles. The summed E-state index contributed by atoms with van der Waals surface area (Å²) in [6.45, 7) is 3.88. The number of halogens is 2. The highest BCUT2D eigenvalue weighted by Crippen LogP contribution is 2.23. The minimum Gasteiger partial charge on any atom is -0.343 e. The van der Waals surface area contributed by atoms with Crippen LogP contribution in [0.15, 0.2) is 32.5 Å². The van der Waals surface area contributed by atoms with Crippen LogP contribution in [0.25, 0.3) is 0 Å². The van der Waals surface area contributed by atoms with Gasteiger partial charge in [0, 0.05) is 20.0 Å². The number of aryl methyl sites for hydroxylation is 1. The highest BCUT2D eigenvalue weighted by molar-refractivity contribution is 9.11. The molecule has 1 amide bonds. The van der Waals surface area contributed by atoms with Crippen LogP contribution >= 0.6 is 43.2 Å². The normalized spacial score (nSPS) is 12.2. The van der Waals surface area contributed by atoms with Gasteiger partial charge in [0.1, 0.15) is 5.01 Å². The summed E-state index contributed by atoms with van der Waals surface area (Å²) < 4.78 is 1.70. The van der Waals surface area contributed by atoms with Crippen molar-refractivity contribution < 1.29 is 4.79 Å². The number of nitrogens with zero attached hydrogens (tertiary/aromatic N) is 1. The van der Waals surface area contributed by atoms with Crippen LogP contribution in [-0.2, 0) is 0 Å². The third kappa shape index (κ3) is 3.64. The zero-order valence-electron chi connectivity index (χ0n) is 10.4. The first-order chi connectivity index (χ1) is 8.97. The molecule has 1 atom stereocenters. The summed E-state index contributed by atoms with van der Waals surface area (Å²) in [5, 5.41) is 5.85. The number of nitrogens with one attached hydrogen (secondary N) is 1. The Hall–Kier alpha value is -0.720. The van der Waals surface area contributed by atoms with E-state index in [2.05, 4.69) is 42.2 Å². The molecule has 0 bridgehead atoms. The zero-order chi connectivity index (χ0) is 14.0. The fourth-order valence-electron chi connectivity index (χ4n) is 1.58. The molecule has 1 aromatic heterocycles. The summed E-state index contributed by atoms with van der Waals surface area (Å²) in [4.78, 5) is 16.6. The summed E-state index contributed by atoms with van der Waals surface area (Å²) in [6.07, 6.45) is 0. The van der Waals surface area contributed by atoms with Crippen LogP contribution in [0.5, 0.6) is 0 Å². The largest absolute Gasteiger partial charge is 0.343 e. The Morgan fingerprint density at radius 1 is 1.42 bits per heavy atom. The van der Waals surface area contributed by atoms with Crippen LogP contribution in [0.1, 0.15) is 34.0 Å². The number of hydrogen-bond acceptors (Lipinski definition) is 3. The van der Waals surface area contributed by atoms with E-state index in [4.69, 9.17) is 0 Å². The van der Waals surface area contributed by atoms with Gasteiger partial charge in [-0.05, 0) is 48.0 Å². The molecule has 1 heterocycles. The van der Waals surface area contributed by atoms with E-state index < -0.39 is 0 Å². The van der Waals surface area contributed by atoms with Crippen molar-refractivity contribution in [1.29, 1.82) is 0 Å². The molecule has 0 aliphatic rings. The number of benzene rings is 1. The Balaban J connectivity index is 2.12. The first-order valence-corrected chi connectivity index (χ1v) is 8.12. The molecular weight excluding hydrogens is 392 g/mol. The maximum absolute atomic E-state index is 12.2. The number of carbonyl (C=O) groups excluding carboxylic acids is 1. The molecule has 1 unspecified atom stereocenters. The number of thiazole rings is 1. The lowest BCUT2D eigenvalue weighted by atomic mass is 10.2. The molecular formula is C13H12Br2N2OS. The van der Waals surface area contributed by atoms with E-state index in [1.807, 2.05) is 31.4 Å². The topological polar surface area (TPSA) is 42.0 Å². The molecule has 0 fully saturated rings. The summed E-state index contributed by atoms with van der Waals surface area (Å²) in [5.41, 5.74) is 1.59. The van der Waals surface area contributed by atoms with Crippen molar-refractivity contribution >= 4 is 49.1 Å². The van der Waals surface area contributed by atoms with Crippen molar-refractivity contribution in [3.05, 3.63) is 48.8 Å². The third-order valence-electron chi connectivity index (χ3n) is 2.53. The zero-order valence-corrected chi connectivity index (χ0v) is 14.4. The minimum absolute atomic E-state index is 0.0956. The van der Waals surface area contributed by atoms with E-state index in [1.54, 1.807) is 17.4 Å². The highest BCUT2D eigenvalue weighted by Gasteiger charge is 2.16. The first-order valence-electron chi connectivity index (χ1n) is 5.65. The van der Waals surface area contributed by atoms with Crippen molar-refractivity contribution in [3.8, 4) is 0 Å². The fourth-order valence-corrected chi connectivity index (χ4v) is 3.61. The van der Waals surface area contributed by atoms with Crippen molar-refractivity contribution in [1.82, 2.24) is 10.3 Å². The van der Waals surface area contributed by atoms with Gasteiger partial charge in [0.15, 0.2) is 0 Å². The van der Waals surface area contributed by atoms with Gasteiger partial charge < -0.3 is 5.32 Å². The molecule has 1 aromatic carbocycles. The van der Waals surface area contributed by atoms with E-state index in [0.717, 1.165) is 19.6 Å². The van der Waals surface area contributed by atoms with Crippen LogP contribution in [0, 0.1) is 6.92 Å². The lowest BCUT2D eigenvalue weighted by Crippen LogP contribution is -2.26. The third-order valence-corrected chi connectivity index (χ3v) is 4.83. The van der Waals surface area contributed by atoms with Crippen molar-refractivity contribution in [3.63, 3.8) is 0 Å². The maximum Gasteiger partial charge on any atom is 0.252 e. The van der Waals surface area contributed by atoms with Gasteiger partial charge >= 0.3 is 0 Å². The molecule has 2 rings (SSSR count). The van der Waals surface area contributed by atoms with Crippen molar-refractivity contribution in [2.24, 2.45) is 0 Å². The second kappa shape index (κ2) is 6.15. The smallest absolute Gasteiger partial charge is 0.252 e. The monoisotopic (exact) mass is 402 g/mol. The van der Waals surface area contributed by atoms with Crippen LogP contribution < -0.4 is 5.32 Å². The molecule has 19 heavy (non-hydrogen) atoms. The highest BCUT2D eigenvalue weighted by atomic mass is 79.9. The first kappa shape index (κ1) is 14.7. The summed E-state index contributed by atoms with van der Waals surface area (Å²) in [7, 11) is 0. The molecule has 0 aliphatic carbocycles. The van der Waals surface area contributed by atoms with Crippen LogP contribution in [-0.4, -0.2) is 10.9 Å². The Labute approximate surface area is 132 Å². The molecule has 0 saturated heterocycles.